The molecule has 0 aromatic heterocycles. The fourth-order valence-corrected chi connectivity index (χ4v) is 2.92. The SMILES string of the molecule is CC1SCC(C(=O)O)N1C(=O)C1=COCCO1. The van der Waals surface area contributed by atoms with Gasteiger partial charge >= 0.3 is 5.97 Å². The fourth-order valence-electron chi connectivity index (χ4n) is 1.75. The van der Waals surface area contributed by atoms with Gasteiger partial charge in [-0.25, -0.2) is 4.79 Å². The van der Waals surface area contributed by atoms with Crippen LogP contribution in [0.4, 0.5) is 0 Å². The summed E-state index contributed by atoms with van der Waals surface area (Å²) in [7, 11) is 0. The Bertz CT molecular complexity index is 370. The Morgan fingerprint density at radius 2 is 2.29 bits per heavy atom. The van der Waals surface area contributed by atoms with Crippen LogP contribution in [0.3, 0.4) is 0 Å². The molecule has 7 heteroatoms. The number of carbonyl (C=O) groups excluding carboxylic acids is 1. The van der Waals surface area contributed by atoms with Crippen molar-refractivity contribution in [3.8, 4) is 0 Å². The summed E-state index contributed by atoms with van der Waals surface area (Å²) in [6.07, 6.45) is 1.25. The van der Waals surface area contributed by atoms with Gasteiger partial charge < -0.3 is 19.5 Å². The van der Waals surface area contributed by atoms with E-state index in [-0.39, 0.29) is 11.1 Å². The zero-order chi connectivity index (χ0) is 12.4. The highest BCUT2D eigenvalue weighted by molar-refractivity contribution is 8.00. The fraction of sp³-hybridized carbons (Fsp3) is 0.600. The van der Waals surface area contributed by atoms with Gasteiger partial charge in [0.1, 0.15) is 25.5 Å². The molecule has 0 saturated carbocycles. The number of thioether (sulfide) groups is 1. The number of hydrogen-bond acceptors (Lipinski definition) is 5. The van der Waals surface area contributed by atoms with Crippen molar-refractivity contribution in [2.75, 3.05) is 19.0 Å². The lowest BCUT2D eigenvalue weighted by molar-refractivity contribution is -0.149. The maximum absolute atomic E-state index is 12.1. The predicted octanol–water partition coefficient (Wildman–Crippen LogP) is 0.249. The van der Waals surface area contributed by atoms with Gasteiger partial charge in [0, 0.05) is 5.75 Å². The second-order valence-electron chi connectivity index (χ2n) is 3.70. The second kappa shape index (κ2) is 4.87. The lowest BCUT2D eigenvalue weighted by atomic mass is 10.2. The molecular weight excluding hydrogens is 246 g/mol. The van der Waals surface area contributed by atoms with Gasteiger partial charge in [0.15, 0.2) is 0 Å². The highest BCUT2D eigenvalue weighted by atomic mass is 32.2. The van der Waals surface area contributed by atoms with Crippen LogP contribution in [0.5, 0.6) is 0 Å². The van der Waals surface area contributed by atoms with Crippen molar-refractivity contribution in [1.29, 1.82) is 0 Å². The monoisotopic (exact) mass is 259 g/mol. The molecule has 0 aromatic rings. The molecule has 1 N–H and O–H groups in total. The molecule has 6 nitrogen and oxygen atoms in total. The van der Waals surface area contributed by atoms with Crippen molar-refractivity contribution in [2.24, 2.45) is 0 Å². The molecule has 2 rings (SSSR count). The highest BCUT2D eigenvalue weighted by Crippen LogP contribution is 2.30. The normalized spacial score (nSPS) is 28.1. The van der Waals surface area contributed by atoms with Crippen molar-refractivity contribution in [1.82, 2.24) is 4.90 Å². The van der Waals surface area contributed by atoms with Gasteiger partial charge in [-0.1, -0.05) is 0 Å². The number of carboxylic acid groups (broad SMARTS) is 1. The summed E-state index contributed by atoms with van der Waals surface area (Å²) in [5, 5.41) is 8.88. The summed E-state index contributed by atoms with van der Waals surface area (Å²) in [5.41, 5.74) is 0. The Kier molecular flexibility index (Phi) is 3.46. The van der Waals surface area contributed by atoms with Crippen molar-refractivity contribution in [2.45, 2.75) is 18.3 Å². The molecule has 2 aliphatic heterocycles. The Labute approximate surface area is 103 Å². The van der Waals surface area contributed by atoms with Crippen LogP contribution in [0.25, 0.3) is 0 Å². The van der Waals surface area contributed by atoms with E-state index in [1.54, 1.807) is 6.92 Å². The average Bonchev–Trinajstić information content (AvgIpc) is 2.71. The van der Waals surface area contributed by atoms with Crippen LogP contribution in [0.15, 0.2) is 12.0 Å². The van der Waals surface area contributed by atoms with E-state index in [0.29, 0.717) is 19.0 Å². The van der Waals surface area contributed by atoms with Gasteiger partial charge in [-0.15, -0.1) is 11.8 Å². The third-order valence-electron chi connectivity index (χ3n) is 2.60. The summed E-state index contributed by atoms with van der Waals surface area (Å²) >= 11 is 1.43. The topological polar surface area (TPSA) is 76.1 Å². The Morgan fingerprint density at radius 3 is 2.88 bits per heavy atom. The smallest absolute Gasteiger partial charge is 0.327 e. The largest absolute Gasteiger partial charge is 0.494 e. The summed E-state index contributed by atoms with van der Waals surface area (Å²) in [6, 6.07) is -0.797. The van der Waals surface area contributed by atoms with Crippen molar-refractivity contribution < 1.29 is 24.2 Å². The Morgan fingerprint density at radius 1 is 1.53 bits per heavy atom. The van der Waals surface area contributed by atoms with E-state index in [9.17, 15) is 9.59 Å². The lowest BCUT2D eigenvalue weighted by Crippen LogP contribution is -2.46. The molecule has 0 aromatic carbocycles. The summed E-state index contributed by atoms with van der Waals surface area (Å²) in [5.74, 6) is -0.935. The molecular formula is C10H13NO5S. The third kappa shape index (κ3) is 2.33. The van der Waals surface area contributed by atoms with E-state index < -0.39 is 17.9 Å². The number of carbonyl (C=O) groups is 2. The Balaban J connectivity index is 2.16. The zero-order valence-electron chi connectivity index (χ0n) is 9.29. The minimum absolute atomic E-state index is 0.0804. The van der Waals surface area contributed by atoms with E-state index in [0.717, 1.165) is 0 Å². The van der Waals surface area contributed by atoms with Crippen LogP contribution < -0.4 is 0 Å². The number of carboxylic acids is 1. The second-order valence-corrected chi connectivity index (χ2v) is 5.05. The van der Waals surface area contributed by atoms with E-state index in [4.69, 9.17) is 14.6 Å². The van der Waals surface area contributed by atoms with E-state index in [1.165, 1.54) is 22.9 Å². The number of nitrogens with zero attached hydrogens (tertiary/aromatic N) is 1. The molecule has 2 unspecified atom stereocenters. The molecule has 2 aliphatic rings. The maximum atomic E-state index is 12.1. The van der Waals surface area contributed by atoms with Gasteiger partial charge in [0.05, 0.1) is 5.37 Å². The molecule has 1 saturated heterocycles. The Hall–Kier alpha value is -1.37. The molecule has 2 atom stereocenters. The van der Waals surface area contributed by atoms with Crippen LogP contribution in [-0.4, -0.2) is 52.3 Å². The van der Waals surface area contributed by atoms with Crippen molar-refractivity contribution in [3.05, 3.63) is 12.0 Å². The highest BCUT2D eigenvalue weighted by Gasteiger charge is 2.41. The molecule has 0 spiro atoms. The third-order valence-corrected chi connectivity index (χ3v) is 3.82. The summed E-state index contributed by atoms with van der Waals surface area (Å²) in [6.45, 7) is 2.52. The van der Waals surface area contributed by atoms with Crippen LogP contribution in [-0.2, 0) is 19.1 Å². The first-order valence-corrected chi connectivity index (χ1v) is 6.28. The quantitative estimate of drug-likeness (QED) is 0.766. The van der Waals surface area contributed by atoms with Crippen molar-refractivity contribution >= 4 is 23.6 Å². The molecule has 94 valence electrons. The molecule has 2 heterocycles. The van der Waals surface area contributed by atoms with Gasteiger partial charge in [-0.2, -0.15) is 0 Å². The molecule has 0 bridgehead atoms. The lowest BCUT2D eigenvalue weighted by Gasteiger charge is -2.26. The predicted molar refractivity (Wildman–Crippen MR) is 60.2 cm³/mol. The molecule has 1 amide bonds. The molecule has 0 aliphatic carbocycles. The number of ether oxygens (including phenoxy) is 2. The molecule has 0 radical (unpaired) electrons. The molecule has 17 heavy (non-hydrogen) atoms. The van der Waals surface area contributed by atoms with Crippen LogP contribution in [0.1, 0.15) is 6.92 Å². The number of amides is 1. The molecule has 1 fully saturated rings. The van der Waals surface area contributed by atoms with Crippen LogP contribution in [0, 0.1) is 0 Å². The minimum Gasteiger partial charge on any atom is -0.494 e. The number of aliphatic carboxylic acids is 1. The minimum atomic E-state index is -0.993. The van der Waals surface area contributed by atoms with Gasteiger partial charge in [-0.3, -0.25) is 4.79 Å². The standard InChI is InChI=1S/C10H13NO5S/c1-6-11(7(5-17-6)10(13)14)9(12)8-4-15-2-3-16-8/h4,6-7H,2-3,5H2,1H3,(H,13,14). The first kappa shape index (κ1) is 12.1. The van der Waals surface area contributed by atoms with E-state index >= 15 is 0 Å². The first-order valence-electron chi connectivity index (χ1n) is 5.23. The van der Waals surface area contributed by atoms with Crippen molar-refractivity contribution in [3.63, 3.8) is 0 Å². The average molecular weight is 259 g/mol. The summed E-state index contributed by atoms with van der Waals surface area (Å²) < 4.78 is 10.2. The summed E-state index contributed by atoms with van der Waals surface area (Å²) in [4.78, 5) is 24.5. The van der Waals surface area contributed by atoms with Crippen LogP contribution >= 0.6 is 11.8 Å². The van der Waals surface area contributed by atoms with Gasteiger partial charge in [-0.05, 0) is 6.92 Å². The zero-order valence-corrected chi connectivity index (χ0v) is 10.1. The van der Waals surface area contributed by atoms with Crippen LogP contribution in [0.2, 0.25) is 0 Å². The first-order chi connectivity index (χ1) is 8.11. The van der Waals surface area contributed by atoms with Gasteiger partial charge in [0.25, 0.3) is 5.91 Å². The van der Waals surface area contributed by atoms with Gasteiger partial charge in [0.2, 0.25) is 5.76 Å². The maximum Gasteiger partial charge on any atom is 0.327 e. The van der Waals surface area contributed by atoms with E-state index in [1.807, 2.05) is 0 Å². The number of hydrogen-bond donors (Lipinski definition) is 1. The van der Waals surface area contributed by atoms with E-state index in [2.05, 4.69) is 0 Å². The number of rotatable bonds is 2.